The third kappa shape index (κ3) is 12.3. The van der Waals surface area contributed by atoms with Crippen molar-refractivity contribution in [1.29, 1.82) is 0 Å². The van der Waals surface area contributed by atoms with E-state index in [1.807, 2.05) is 51.1 Å². The molecule has 13 heteroatoms. The van der Waals surface area contributed by atoms with Gasteiger partial charge in [-0.3, -0.25) is 24.2 Å². The lowest BCUT2D eigenvalue weighted by molar-refractivity contribution is -0.148. The summed E-state index contributed by atoms with van der Waals surface area (Å²) in [4.78, 5) is 53.5. The SMILES string of the molecule is C=CC=C[C@H](OC)[C@H](C)[C@@H](OC)[C@@H](C)C(=O)NC(C(=O)NC(Cc1cccc(O[Si](C)(C)C(C)(C)C)c1)C(=O)N1CCCC(C(=O)O)N1)C(C)C. The van der Waals surface area contributed by atoms with Crippen molar-refractivity contribution in [3.05, 3.63) is 54.6 Å². The third-order valence-electron chi connectivity index (χ3n) is 10.1. The van der Waals surface area contributed by atoms with Gasteiger partial charge in [-0.2, -0.15) is 0 Å². The molecule has 0 radical (unpaired) electrons. The normalized spacial score (nSPS) is 19.1. The quantitative estimate of drug-likeness (QED) is 0.122. The smallest absolute Gasteiger partial charge is 0.322 e. The molecule has 0 aliphatic carbocycles. The van der Waals surface area contributed by atoms with Gasteiger partial charge < -0.3 is 29.6 Å². The van der Waals surface area contributed by atoms with Crippen LogP contribution in [0.4, 0.5) is 0 Å². The number of hydrogen-bond acceptors (Lipinski definition) is 8. The number of nitrogens with one attached hydrogen (secondary N) is 3. The molecule has 1 aromatic rings. The second kappa shape index (κ2) is 19.4. The van der Waals surface area contributed by atoms with Crippen molar-refractivity contribution in [2.75, 3.05) is 20.8 Å². The minimum atomic E-state index is -2.16. The topological polar surface area (TPSA) is 156 Å². The molecule has 2 rings (SSSR count). The molecule has 51 heavy (non-hydrogen) atoms. The number of hydrazine groups is 1. The van der Waals surface area contributed by atoms with Gasteiger partial charge in [-0.25, -0.2) is 5.43 Å². The lowest BCUT2D eigenvalue weighted by Crippen LogP contribution is -2.62. The van der Waals surface area contributed by atoms with E-state index in [-0.39, 0.29) is 41.9 Å². The number of methoxy groups -OCH3 is 2. The Morgan fingerprint density at radius 2 is 1.75 bits per heavy atom. The highest BCUT2D eigenvalue weighted by molar-refractivity contribution is 6.74. The van der Waals surface area contributed by atoms with Crippen LogP contribution >= 0.6 is 0 Å². The van der Waals surface area contributed by atoms with Crippen LogP contribution in [0, 0.1) is 17.8 Å². The van der Waals surface area contributed by atoms with E-state index < -0.39 is 56.2 Å². The molecule has 3 amide bonds. The lowest BCUT2D eigenvalue weighted by Gasteiger charge is -2.36. The predicted octanol–water partition coefficient (Wildman–Crippen LogP) is 4.86. The maximum atomic E-state index is 14.0. The summed E-state index contributed by atoms with van der Waals surface area (Å²) >= 11 is 0. The number of hydrogen-bond donors (Lipinski definition) is 4. The summed E-state index contributed by atoms with van der Waals surface area (Å²) in [6, 6.07) is 4.51. The summed E-state index contributed by atoms with van der Waals surface area (Å²) in [5.41, 5.74) is 3.57. The molecule has 0 spiro atoms. The first kappa shape index (κ1) is 43.6. The molecular weight excluding hydrogens is 669 g/mol. The van der Waals surface area contributed by atoms with E-state index in [1.165, 1.54) is 12.1 Å². The van der Waals surface area contributed by atoms with Gasteiger partial charge in [-0.05, 0) is 54.6 Å². The fourth-order valence-corrected chi connectivity index (χ4v) is 6.90. The fourth-order valence-electron chi connectivity index (χ4n) is 5.88. The largest absolute Gasteiger partial charge is 0.543 e. The van der Waals surface area contributed by atoms with Gasteiger partial charge in [-0.1, -0.05) is 85.4 Å². The van der Waals surface area contributed by atoms with Crippen LogP contribution in [0.25, 0.3) is 0 Å². The molecule has 1 heterocycles. The molecule has 4 N–H and O–H groups in total. The summed E-state index contributed by atoms with van der Waals surface area (Å²) in [5.74, 6) is -2.97. The maximum absolute atomic E-state index is 14.0. The molecule has 1 saturated heterocycles. The minimum Gasteiger partial charge on any atom is -0.543 e. The Morgan fingerprint density at radius 1 is 1.08 bits per heavy atom. The van der Waals surface area contributed by atoms with Gasteiger partial charge in [0.1, 0.15) is 23.9 Å². The van der Waals surface area contributed by atoms with Crippen molar-refractivity contribution < 1.29 is 38.2 Å². The van der Waals surface area contributed by atoms with Crippen molar-refractivity contribution in [3.63, 3.8) is 0 Å². The third-order valence-corrected chi connectivity index (χ3v) is 14.4. The summed E-state index contributed by atoms with van der Waals surface area (Å²) in [6.07, 6.45) is 5.37. The molecule has 1 aliphatic rings. The highest BCUT2D eigenvalue weighted by Gasteiger charge is 2.40. The number of nitrogens with zero attached hydrogens (tertiary/aromatic N) is 1. The van der Waals surface area contributed by atoms with Crippen LogP contribution in [0.1, 0.15) is 66.9 Å². The number of rotatable bonds is 18. The maximum Gasteiger partial charge on any atom is 0.322 e. The predicted molar refractivity (Wildman–Crippen MR) is 201 cm³/mol. The number of allylic oxidation sites excluding steroid dienone is 2. The van der Waals surface area contributed by atoms with Crippen molar-refractivity contribution in [2.24, 2.45) is 17.8 Å². The zero-order chi connectivity index (χ0) is 38.7. The van der Waals surface area contributed by atoms with Gasteiger partial charge in [0.2, 0.25) is 20.1 Å². The highest BCUT2D eigenvalue weighted by atomic mass is 28.4. The van der Waals surface area contributed by atoms with Gasteiger partial charge in [-0.15, -0.1) is 0 Å². The Kier molecular flexibility index (Phi) is 16.6. The molecule has 0 saturated carbocycles. The van der Waals surface area contributed by atoms with E-state index in [2.05, 4.69) is 56.5 Å². The van der Waals surface area contributed by atoms with E-state index in [0.717, 1.165) is 5.56 Å². The summed E-state index contributed by atoms with van der Waals surface area (Å²) < 4.78 is 17.9. The number of carbonyl (C=O) groups excluding carboxylic acids is 3. The standard InChI is InChI=1S/C38H62N4O8Si/c1-13-14-20-31(48-9)25(4)33(49-10)26(5)34(43)40-32(24(2)3)35(44)39-30(36(45)42-21-16-19-29(41-42)37(46)47)23-27-17-15-18-28(22-27)50-51(11,12)38(6,7)8/h13-15,17-18,20,22,24-26,29-33,41H,1,16,19,21,23H2,2-12H3,(H,39,44)(H,40,43)(H,46,47)/t25-,26+,29?,30?,31-,32?,33+/m0/s1. The zero-order valence-corrected chi connectivity index (χ0v) is 33.4. The van der Waals surface area contributed by atoms with E-state index in [1.54, 1.807) is 26.2 Å². The van der Waals surface area contributed by atoms with Gasteiger partial charge in [0, 0.05) is 33.1 Å². The molecule has 3 unspecified atom stereocenters. The summed E-state index contributed by atoms with van der Waals surface area (Å²) in [5, 5.41) is 16.7. The number of amides is 3. The first-order valence-electron chi connectivity index (χ1n) is 17.8. The van der Waals surface area contributed by atoms with Crippen molar-refractivity contribution in [3.8, 4) is 5.75 Å². The molecule has 1 fully saturated rings. The van der Waals surface area contributed by atoms with Crippen molar-refractivity contribution in [2.45, 2.75) is 116 Å². The number of carboxylic acids is 1. The van der Waals surface area contributed by atoms with E-state index in [0.29, 0.717) is 18.6 Å². The Labute approximate surface area is 305 Å². The van der Waals surface area contributed by atoms with Crippen LogP contribution in [0.15, 0.2) is 49.1 Å². The Bertz CT molecular complexity index is 1380. The average Bonchev–Trinajstić information content (AvgIpc) is 3.06. The molecule has 7 atom stereocenters. The van der Waals surface area contributed by atoms with Crippen LogP contribution in [0.3, 0.4) is 0 Å². The summed E-state index contributed by atoms with van der Waals surface area (Å²) in [6.45, 7) is 22.1. The van der Waals surface area contributed by atoms with Gasteiger partial charge in [0.05, 0.1) is 18.1 Å². The molecule has 1 aromatic carbocycles. The molecule has 286 valence electrons. The fraction of sp³-hybridized carbons (Fsp3) is 0.632. The van der Waals surface area contributed by atoms with Crippen LogP contribution in [0.5, 0.6) is 5.75 Å². The van der Waals surface area contributed by atoms with Crippen LogP contribution in [0.2, 0.25) is 18.1 Å². The van der Waals surface area contributed by atoms with Gasteiger partial charge >= 0.3 is 5.97 Å². The van der Waals surface area contributed by atoms with Crippen LogP contribution < -0.4 is 20.5 Å². The first-order chi connectivity index (χ1) is 23.8. The number of carbonyl (C=O) groups is 4. The van der Waals surface area contributed by atoms with E-state index in [4.69, 9.17) is 13.9 Å². The molecular formula is C38H62N4O8Si. The monoisotopic (exact) mass is 730 g/mol. The second-order valence-electron chi connectivity index (χ2n) is 15.3. The van der Waals surface area contributed by atoms with Crippen LogP contribution in [-0.4, -0.2) is 93.2 Å². The number of ether oxygens (including phenoxy) is 2. The first-order valence-corrected chi connectivity index (χ1v) is 20.7. The van der Waals surface area contributed by atoms with Crippen molar-refractivity contribution >= 4 is 32.0 Å². The molecule has 12 nitrogen and oxygen atoms in total. The van der Waals surface area contributed by atoms with Gasteiger partial charge in [0.25, 0.3) is 5.91 Å². The minimum absolute atomic E-state index is 0.0285. The average molecular weight is 731 g/mol. The van der Waals surface area contributed by atoms with E-state index in [9.17, 15) is 24.3 Å². The second-order valence-corrected chi connectivity index (χ2v) is 20.1. The zero-order valence-electron chi connectivity index (χ0n) is 32.4. The Hall–Kier alpha value is -3.52. The van der Waals surface area contributed by atoms with Gasteiger partial charge in [0.15, 0.2) is 0 Å². The number of aliphatic carboxylic acids is 1. The lowest BCUT2D eigenvalue weighted by atomic mass is 9.87. The van der Waals surface area contributed by atoms with Crippen molar-refractivity contribution in [1.82, 2.24) is 21.1 Å². The Balaban J connectivity index is 2.38. The molecule has 1 aliphatic heterocycles. The Morgan fingerprint density at radius 3 is 2.29 bits per heavy atom. The summed E-state index contributed by atoms with van der Waals surface area (Å²) in [7, 11) is 0.959. The number of carboxylic acid groups (broad SMARTS) is 1. The number of benzene rings is 1. The molecule has 0 bridgehead atoms. The highest BCUT2D eigenvalue weighted by Crippen LogP contribution is 2.37. The molecule has 0 aromatic heterocycles. The van der Waals surface area contributed by atoms with Crippen LogP contribution in [-0.2, 0) is 35.1 Å². The van der Waals surface area contributed by atoms with E-state index >= 15 is 0 Å².